The Kier molecular flexibility index (Phi) is 4.02. The molecule has 0 spiro atoms. The van der Waals surface area contributed by atoms with Crippen LogP contribution in [0, 0.1) is 6.92 Å². The van der Waals surface area contributed by atoms with E-state index in [9.17, 15) is 4.79 Å². The standard InChI is InChI=1S/C13H15N5O/c1-9-15-5-4-11(18-9)8-17-10-3-6-16-12(7-10)13(19)14-2/h3-7H,8H2,1-2H3,(H,14,19)(H,16,17). The zero-order chi connectivity index (χ0) is 13.7. The topological polar surface area (TPSA) is 79.8 Å². The highest BCUT2D eigenvalue weighted by molar-refractivity contribution is 5.92. The molecule has 0 radical (unpaired) electrons. The van der Waals surface area contributed by atoms with Crippen LogP contribution in [0.1, 0.15) is 22.0 Å². The van der Waals surface area contributed by atoms with Crippen LogP contribution < -0.4 is 10.6 Å². The summed E-state index contributed by atoms with van der Waals surface area (Å²) in [6.45, 7) is 2.42. The van der Waals surface area contributed by atoms with Gasteiger partial charge in [0.15, 0.2) is 0 Å². The number of hydrogen-bond acceptors (Lipinski definition) is 5. The lowest BCUT2D eigenvalue weighted by Gasteiger charge is -2.07. The number of hydrogen-bond donors (Lipinski definition) is 2. The van der Waals surface area contributed by atoms with Gasteiger partial charge >= 0.3 is 0 Å². The van der Waals surface area contributed by atoms with Crippen LogP contribution in [-0.4, -0.2) is 27.9 Å². The number of pyridine rings is 1. The number of amides is 1. The van der Waals surface area contributed by atoms with E-state index in [0.717, 1.165) is 17.2 Å². The van der Waals surface area contributed by atoms with Crippen LogP contribution in [0.5, 0.6) is 0 Å². The average Bonchev–Trinajstić information content (AvgIpc) is 2.45. The minimum Gasteiger partial charge on any atom is -0.379 e. The van der Waals surface area contributed by atoms with Gasteiger partial charge in [-0.15, -0.1) is 0 Å². The monoisotopic (exact) mass is 257 g/mol. The second-order valence-corrected chi connectivity index (χ2v) is 3.96. The molecular formula is C13H15N5O. The van der Waals surface area contributed by atoms with Crippen molar-refractivity contribution in [1.29, 1.82) is 0 Å². The van der Waals surface area contributed by atoms with Crippen LogP contribution in [0.15, 0.2) is 30.6 Å². The number of aromatic nitrogens is 3. The van der Waals surface area contributed by atoms with Crippen molar-refractivity contribution in [3.05, 3.63) is 47.8 Å². The summed E-state index contributed by atoms with van der Waals surface area (Å²) in [5, 5.41) is 5.74. The Labute approximate surface area is 111 Å². The van der Waals surface area contributed by atoms with Gasteiger partial charge in [-0.05, 0) is 25.1 Å². The Balaban J connectivity index is 2.05. The van der Waals surface area contributed by atoms with Crippen molar-refractivity contribution >= 4 is 11.6 Å². The molecule has 0 bridgehead atoms. The van der Waals surface area contributed by atoms with Gasteiger partial charge in [0.05, 0.1) is 12.2 Å². The number of nitrogens with one attached hydrogen (secondary N) is 2. The normalized spacial score (nSPS) is 10.0. The minimum absolute atomic E-state index is 0.207. The van der Waals surface area contributed by atoms with Crippen LogP contribution in [0.4, 0.5) is 5.69 Å². The van der Waals surface area contributed by atoms with Gasteiger partial charge in [-0.2, -0.15) is 0 Å². The molecule has 0 unspecified atom stereocenters. The van der Waals surface area contributed by atoms with Crippen molar-refractivity contribution in [3.8, 4) is 0 Å². The molecule has 6 nitrogen and oxygen atoms in total. The molecule has 0 atom stereocenters. The van der Waals surface area contributed by atoms with Crippen molar-refractivity contribution in [2.75, 3.05) is 12.4 Å². The third-order valence-electron chi connectivity index (χ3n) is 2.53. The molecule has 2 aromatic rings. The van der Waals surface area contributed by atoms with E-state index in [2.05, 4.69) is 25.6 Å². The van der Waals surface area contributed by atoms with Gasteiger partial charge in [0.25, 0.3) is 5.91 Å². The summed E-state index contributed by atoms with van der Waals surface area (Å²) < 4.78 is 0. The predicted octanol–water partition coefficient (Wildman–Crippen LogP) is 1.15. The summed E-state index contributed by atoms with van der Waals surface area (Å²) in [4.78, 5) is 23.8. The number of carbonyl (C=O) groups is 1. The van der Waals surface area contributed by atoms with Gasteiger partial charge < -0.3 is 10.6 Å². The molecule has 6 heteroatoms. The predicted molar refractivity (Wildman–Crippen MR) is 71.7 cm³/mol. The highest BCUT2D eigenvalue weighted by Gasteiger charge is 2.05. The van der Waals surface area contributed by atoms with Gasteiger partial charge in [0, 0.05) is 25.1 Å². The Bertz CT molecular complexity index is 585. The second kappa shape index (κ2) is 5.90. The van der Waals surface area contributed by atoms with E-state index in [1.807, 2.05) is 13.0 Å². The maximum atomic E-state index is 11.5. The second-order valence-electron chi connectivity index (χ2n) is 3.96. The van der Waals surface area contributed by atoms with Crippen molar-refractivity contribution in [2.24, 2.45) is 0 Å². The summed E-state index contributed by atoms with van der Waals surface area (Å²) in [6.07, 6.45) is 3.32. The van der Waals surface area contributed by atoms with Gasteiger partial charge in [-0.25, -0.2) is 9.97 Å². The summed E-state index contributed by atoms with van der Waals surface area (Å²) in [5.41, 5.74) is 2.10. The van der Waals surface area contributed by atoms with Gasteiger partial charge in [-0.1, -0.05) is 0 Å². The Hall–Kier alpha value is -2.50. The Morgan fingerprint density at radius 2 is 2.05 bits per heavy atom. The molecule has 2 heterocycles. The first-order chi connectivity index (χ1) is 9.19. The van der Waals surface area contributed by atoms with Crippen LogP contribution in [0.2, 0.25) is 0 Å². The molecule has 0 fully saturated rings. The first kappa shape index (κ1) is 12.9. The van der Waals surface area contributed by atoms with E-state index in [-0.39, 0.29) is 5.91 Å². The molecule has 2 aromatic heterocycles. The summed E-state index contributed by atoms with van der Waals surface area (Å²) >= 11 is 0. The zero-order valence-corrected chi connectivity index (χ0v) is 10.8. The van der Waals surface area contributed by atoms with Crippen molar-refractivity contribution in [1.82, 2.24) is 20.3 Å². The number of anilines is 1. The molecular weight excluding hydrogens is 242 g/mol. The summed E-state index contributed by atoms with van der Waals surface area (Å²) in [5.74, 6) is 0.529. The first-order valence-electron chi connectivity index (χ1n) is 5.89. The Morgan fingerprint density at radius 3 is 2.79 bits per heavy atom. The smallest absolute Gasteiger partial charge is 0.269 e. The summed E-state index contributed by atoms with van der Waals surface area (Å²) in [7, 11) is 1.58. The minimum atomic E-state index is -0.207. The van der Waals surface area contributed by atoms with Gasteiger partial charge in [0.1, 0.15) is 11.5 Å². The lowest BCUT2D eigenvalue weighted by Crippen LogP contribution is -2.19. The molecule has 0 saturated heterocycles. The van der Waals surface area contributed by atoms with Crippen LogP contribution in [0.25, 0.3) is 0 Å². The molecule has 19 heavy (non-hydrogen) atoms. The molecule has 0 aliphatic rings. The highest BCUT2D eigenvalue weighted by Crippen LogP contribution is 2.09. The fourth-order valence-electron chi connectivity index (χ4n) is 1.59. The van der Waals surface area contributed by atoms with Crippen LogP contribution >= 0.6 is 0 Å². The number of carbonyl (C=O) groups excluding carboxylic acids is 1. The molecule has 0 saturated carbocycles. The lowest BCUT2D eigenvalue weighted by molar-refractivity contribution is 0.0958. The van der Waals surface area contributed by atoms with Gasteiger partial charge in [-0.3, -0.25) is 9.78 Å². The van der Waals surface area contributed by atoms with E-state index in [1.165, 1.54) is 0 Å². The molecule has 1 amide bonds. The molecule has 0 aromatic carbocycles. The van der Waals surface area contributed by atoms with E-state index in [0.29, 0.717) is 12.2 Å². The van der Waals surface area contributed by atoms with E-state index >= 15 is 0 Å². The van der Waals surface area contributed by atoms with Gasteiger partial charge in [0.2, 0.25) is 0 Å². The maximum Gasteiger partial charge on any atom is 0.269 e. The number of rotatable bonds is 4. The average molecular weight is 257 g/mol. The maximum absolute atomic E-state index is 11.5. The molecule has 0 aliphatic carbocycles. The van der Waals surface area contributed by atoms with E-state index in [4.69, 9.17) is 0 Å². The third kappa shape index (κ3) is 3.48. The molecule has 98 valence electrons. The molecule has 0 aliphatic heterocycles. The van der Waals surface area contributed by atoms with Crippen molar-refractivity contribution in [2.45, 2.75) is 13.5 Å². The highest BCUT2D eigenvalue weighted by atomic mass is 16.1. The van der Waals surface area contributed by atoms with Crippen LogP contribution in [-0.2, 0) is 6.54 Å². The number of aryl methyl sites for hydroxylation is 1. The lowest BCUT2D eigenvalue weighted by atomic mass is 10.3. The quantitative estimate of drug-likeness (QED) is 0.859. The molecule has 2 rings (SSSR count). The van der Waals surface area contributed by atoms with E-state index in [1.54, 1.807) is 31.6 Å². The van der Waals surface area contributed by atoms with Crippen LogP contribution in [0.3, 0.4) is 0 Å². The SMILES string of the molecule is CNC(=O)c1cc(NCc2ccnc(C)n2)ccn1. The fourth-order valence-corrected chi connectivity index (χ4v) is 1.59. The zero-order valence-electron chi connectivity index (χ0n) is 10.8. The van der Waals surface area contributed by atoms with Crippen molar-refractivity contribution < 1.29 is 4.79 Å². The molecule has 2 N–H and O–H groups in total. The van der Waals surface area contributed by atoms with Crippen molar-refractivity contribution in [3.63, 3.8) is 0 Å². The number of nitrogens with zero attached hydrogens (tertiary/aromatic N) is 3. The third-order valence-corrected chi connectivity index (χ3v) is 2.53. The van der Waals surface area contributed by atoms with E-state index < -0.39 is 0 Å². The first-order valence-corrected chi connectivity index (χ1v) is 5.89. The fraction of sp³-hybridized carbons (Fsp3) is 0.231. The summed E-state index contributed by atoms with van der Waals surface area (Å²) in [6, 6.07) is 5.36. The Morgan fingerprint density at radius 1 is 1.26 bits per heavy atom. The largest absolute Gasteiger partial charge is 0.379 e.